The molecule has 0 aromatic heterocycles. The van der Waals surface area contributed by atoms with Crippen LogP contribution < -0.4 is 15.8 Å². The zero-order valence-electron chi connectivity index (χ0n) is 14.7. The fourth-order valence-electron chi connectivity index (χ4n) is 2.82. The number of carbonyl (C=O) groups excluding carboxylic acids is 2. The van der Waals surface area contributed by atoms with Gasteiger partial charge in [0.25, 0.3) is 0 Å². The van der Waals surface area contributed by atoms with Crippen LogP contribution in [0.3, 0.4) is 0 Å². The van der Waals surface area contributed by atoms with Crippen LogP contribution >= 0.6 is 0 Å². The second kappa shape index (κ2) is 8.30. The number of likely N-dealkylation sites (N-methyl/N-ethyl adjacent to an activating group) is 1. The van der Waals surface area contributed by atoms with Gasteiger partial charge < -0.3 is 10.5 Å². The summed E-state index contributed by atoms with van der Waals surface area (Å²) in [6.45, 7) is 2.47. The van der Waals surface area contributed by atoms with E-state index in [4.69, 9.17) is 10.5 Å². The summed E-state index contributed by atoms with van der Waals surface area (Å²) in [5.41, 5.74) is 7.95. The Hall–Kier alpha value is -2.86. The molecule has 3 N–H and O–H groups in total. The number of amides is 3. The molecule has 0 fully saturated rings. The number of rotatable bonds is 6. The van der Waals surface area contributed by atoms with E-state index in [0.717, 1.165) is 22.4 Å². The van der Waals surface area contributed by atoms with E-state index < -0.39 is 18.0 Å². The first-order valence-corrected chi connectivity index (χ1v) is 7.91. The van der Waals surface area contributed by atoms with Gasteiger partial charge in [0.1, 0.15) is 11.8 Å². The maximum Gasteiger partial charge on any atom is 0.318 e. The minimum atomic E-state index is -0.868. The molecule has 0 aliphatic rings. The molecule has 0 spiro atoms. The molecule has 0 aliphatic heterocycles. The number of primary amides is 1. The van der Waals surface area contributed by atoms with Crippen molar-refractivity contribution < 1.29 is 14.3 Å². The SMILES string of the molecule is COc1ccc(C)cc1CN(C)[C@@H](C(=O)NC(N)=O)c1ccccc1. The summed E-state index contributed by atoms with van der Waals surface area (Å²) >= 11 is 0. The van der Waals surface area contributed by atoms with E-state index in [9.17, 15) is 9.59 Å². The van der Waals surface area contributed by atoms with Crippen molar-refractivity contribution in [3.63, 3.8) is 0 Å². The molecule has 6 heteroatoms. The summed E-state index contributed by atoms with van der Waals surface area (Å²) < 4.78 is 5.41. The molecule has 6 nitrogen and oxygen atoms in total. The molecular formula is C19H23N3O3. The third-order valence-electron chi connectivity index (χ3n) is 3.91. The largest absolute Gasteiger partial charge is 0.496 e. The minimum absolute atomic E-state index is 0.465. The maximum absolute atomic E-state index is 12.5. The Morgan fingerprint density at radius 2 is 1.88 bits per heavy atom. The van der Waals surface area contributed by atoms with E-state index in [1.807, 2.05) is 67.4 Å². The van der Waals surface area contributed by atoms with Gasteiger partial charge in [-0.2, -0.15) is 0 Å². The predicted octanol–water partition coefficient (Wildman–Crippen LogP) is 2.37. The number of ether oxygens (including phenoxy) is 1. The zero-order valence-corrected chi connectivity index (χ0v) is 14.7. The second-order valence-electron chi connectivity index (χ2n) is 5.90. The molecule has 0 unspecified atom stereocenters. The number of carbonyl (C=O) groups is 2. The molecule has 0 aliphatic carbocycles. The van der Waals surface area contributed by atoms with Crippen LogP contribution in [0.4, 0.5) is 4.79 Å². The van der Waals surface area contributed by atoms with Crippen LogP contribution in [0.5, 0.6) is 5.75 Å². The molecule has 1 atom stereocenters. The number of methoxy groups -OCH3 is 1. The number of urea groups is 1. The first-order chi connectivity index (χ1) is 11.9. The van der Waals surface area contributed by atoms with E-state index >= 15 is 0 Å². The van der Waals surface area contributed by atoms with Crippen molar-refractivity contribution in [1.29, 1.82) is 0 Å². The Morgan fingerprint density at radius 3 is 2.48 bits per heavy atom. The molecule has 25 heavy (non-hydrogen) atoms. The van der Waals surface area contributed by atoms with Crippen molar-refractivity contribution >= 4 is 11.9 Å². The number of aryl methyl sites for hydroxylation is 1. The number of benzene rings is 2. The molecule has 132 valence electrons. The van der Waals surface area contributed by atoms with Gasteiger partial charge in [-0.1, -0.05) is 48.0 Å². The summed E-state index contributed by atoms with van der Waals surface area (Å²) in [7, 11) is 3.43. The Balaban J connectivity index is 2.32. The van der Waals surface area contributed by atoms with E-state index in [0.29, 0.717) is 6.54 Å². The summed E-state index contributed by atoms with van der Waals surface area (Å²) in [5, 5.41) is 2.18. The summed E-state index contributed by atoms with van der Waals surface area (Å²) in [4.78, 5) is 25.5. The molecule has 0 saturated carbocycles. The Morgan fingerprint density at radius 1 is 1.20 bits per heavy atom. The van der Waals surface area contributed by atoms with Crippen molar-refractivity contribution in [2.45, 2.75) is 19.5 Å². The van der Waals surface area contributed by atoms with Gasteiger partial charge in [0.15, 0.2) is 0 Å². The van der Waals surface area contributed by atoms with E-state index in [1.54, 1.807) is 7.11 Å². The second-order valence-corrected chi connectivity index (χ2v) is 5.90. The van der Waals surface area contributed by atoms with Crippen molar-refractivity contribution in [1.82, 2.24) is 10.2 Å². The van der Waals surface area contributed by atoms with Crippen LogP contribution in [0.25, 0.3) is 0 Å². The Labute approximate surface area is 147 Å². The lowest BCUT2D eigenvalue weighted by Gasteiger charge is -2.27. The number of nitrogens with one attached hydrogen (secondary N) is 1. The fraction of sp³-hybridized carbons (Fsp3) is 0.263. The monoisotopic (exact) mass is 341 g/mol. The van der Waals surface area contributed by atoms with Crippen LogP contribution in [0, 0.1) is 6.92 Å². The number of hydrogen-bond acceptors (Lipinski definition) is 4. The number of nitrogens with zero attached hydrogens (tertiary/aromatic N) is 1. The van der Waals surface area contributed by atoms with Gasteiger partial charge in [-0.15, -0.1) is 0 Å². The van der Waals surface area contributed by atoms with Gasteiger partial charge in [-0.25, -0.2) is 4.79 Å². The number of imide groups is 1. The van der Waals surface area contributed by atoms with Crippen molar-refractivity contribution in [2.75, 3.05) is 14.2 Å². The lowest BCUT2D eigenvalue weighted by atomic mass is 10.0. The molecule has 2 aromatic rings. The highest BCUT2D eigenvalue weighted by Crippen LogP contribution is 2.26. The van der Waals surface area contributed by atoms with Gasteiger partial charge in [0.05, 0.1) is 7.11 Å². The zero-order chi connectivity index (χ0) is 18.4. The summed E-state index contributed by atoms with van der Waals surface area (Å²) in [6, 6.07) is 13.6. The lowest BCUT2D eigenvalue weighted by molar-refractivity contribution is -0.125. The van der Waals surface area contributed by atoms with E-state index in [1.165, 1.54) is 0 Å². The highest BCUT2D eigenvalue weighted by Gasteiger charge is 2.26. The average Bonchev–Trinajstić information content (AvgIpc) is 2.55. The third kappa shape index (κ3) is 4.81. The standard InChI is InChI=1S/C19H23N3O3/c1-13-9-10-16(25-3)15(11-13)12-22(2)17(18(23)21-19(20)24)14-7-5-4-6-8-14/h4-11,17H,12H2,1-3H3,(H3,20,21,23,24)/t17-/m1/s1. The molecular weight excluding hydrogens is 318 g/mol. The molecule has 3 amide bonds. The van der Waals surface area contributed by atoms with Crippen LogP contribution in [-0.2, 0) is 11.3 Å². The summed E-state index contributed by atoms with van der Waals surface area (Å²) in [5.74, 6) is 0.285. The van der Waals surface area contributed by atoms with Crippen molar-refractivity contribution in [2.24, 2.45) is 5.73 Å². The number of hydrogen-bond donors (Lipinski definition) is 2. The number of nitrogens with two attached hydrogens (primary N) is 1. The molecule has 0 bridgehead atoms. The molecule has 0 radical (unpaired) electrons. The fourth-order valence-corrected chi connectivity index (χ4v) is 2.82. The van der Waals surface area contributed by atoms with Crippen molar-refractivity contribution in [3.8, 4) is 5.75 Å². The first kappa shape index (κ1) is 18.5. The minimum Gasteiger partial charge on any atom is -0.496 e. The van der Waals surface area contributed by atoms with Crippen LogP contribution in [0.1, 0.15) is 22.7 Å². The van der Waals surface area contributed by atoms with Gasteiger partial charge in [0, 0.05) is 12.1 Å². The van der Waals surface area contributed by atoms with Crippen LogP contribution in [0.2, 0.25) is 0 Å². The smallest absolute Gasteiger partial charge is 0.318 e. The maximum atomic E-state index is 12.5. The molecule has 2 aromatic carbocycles. The van der Waals surface area contributed by atoms with Crippen LogP contribution in [0.15, 0.2) is 48.5 Å². The van der Waals surface area contributed by atoms with E-state index in [2.05, 4.69) is 5.32 Å². The average molecular weight is 341 g/mol. The Bertz CT molecular complexity index is 747. The normalized spacial score (nSPS) is 11.8. The Kier molecular flexibility index (Phi) is 6.14. The highest BCUT2D eigenvalue weighted by molar-refractivity contribution is 5.96. The highest BCUT2D eigenvalue weighted by atomic mass is 16.5. The van der Waals surface area contributed by atoms with Crippen LogP contribution in [-0.4, -0.2) is 31.0 Å². The van der Waals surface area contributed by atoms with Gasteiger partial charge in [0.2, 0.25) is 5.91 Å². The van der Waals surface area contributed by atoms with Crippen molar-refractivity contribution in [3.05, 3.63) is 65.2 Å². The molecule has 0 heterocycles. The first-order valence-electron chi connectivity index (χ1n) is 7.91. The molecule has 0 saturated heterocycles. The van der Waals surface area contributed by atoms with Gasteiger partial charge in [-0.05, 0) is 25.6 Å². The lowest BCUT2D eigenvalue weighted by Crippen LogP contribution is -2.43. The van der Waals surface area contributed by atoms with Gasteiger partial charge in [-0.3, -0.25) is 15.0 Å². The molecule has 2 rings (SSSR count). The van der Waals surface area contributed by atoms with Gasteiger partial charge >= 0.3 is 6.03 Å². The van der Waals surface area contributed by atoms with E-state index in [-0.39, 0.29) is 0 Å². The summed E-state index contributed by atoms with van der Waals surface area (Å²) in [6.07, 6.45) is 0. The topological polar surface area (TPSA) is 84.7 Å². The quantitative estimate of drug-likeness (QED) is 0.845. The third-order valence-corrected chi connectivity index (χ3v) is 3.91. The predicted molar refractivity (Wildman–Crippen MR) is 96.1 cm³/mol.